The van der Waals surface area contributed by atoms with Gasteiger partial charge < -0.3 is 20.5 Å². The van der Waals surface area contributed by atoms with Crippen molar-refractivity contribution in [2.75, 3.05) is 30.9 Å². The standard InChI is InChI=1S/C11H21N5O2/c1-4-18-11-15-9(12-3)14-10(16-11)13-8(2)6-5-7-17/h8,17H,4-7H2,1-3H3,(H2,12,13,14,15,16). The summed E-state index contributed by atoms with van der Waals surface area (Å²) in [6.45, 7) is 4.58. The van der Waals surface area contributed by atoms with Gasteiger partial charge in [0, 0.05) is 19.7 Å². The maximum absolute atomic E-state index is 8.78. The quantitative estimate of drug-likeness (QED) is 0.635. The predicted molar refractivity (Wildman–Crippen MR) is 69.9 cm³/mol. The molecule has 7 nitrogen and oxygen atoms in total. The Morgan fingerprint density at radius 1 is 1.28 bits per heavy atom. The molecule has 18 heavy (non-hydrogen) atoms. The number of rotatable bonds is 8. The number of nitrogens with one attached hydrogen (secondary N) is 2. The molecule has 0 fully saturated rings. The Bertz CT molecular complexity index is 361. The minimum absolute atomic E-state index is 0.179. The molecule has 0 radical (unpaired) electrons. The molecule has 0 aliphatic heterocycles. The Hall–Kier alpha value is -1.63. The first-order chi connectivity index (χ1) is 8.69. The van der Waals surface area contributed by atoms with Gasteiger partial charge in [0.05, 0.1) is 6.61 Å². The summed E-state index contributed by atoms with van der Waals surface area (Å²) >= 11 is 0. The van der Waals surface area contributed by atoms with E-state index in [-0.39, 0.29) is 12.6 Å². The van der Waals surface area contributed by atoms with Crippen LogP contribution in [0.25, 0.3) is 0 Å². The predicted octanol–water partition coefficient (Wildman–Crippen LogP) is 0.885. The molecule has 1 atom stereocenters. The van der Waals surface area contributed by atoms with Crippen molar-refractivity contribution >= 4 is 11.9 Å². The van der Waals surface area contributed by atoms with Gasteiger partial charge in [0.25, 0.3) is 0 Å². The van der Waals surface area contributed by atoms with Crippen LogP contribution in [0.1, 0.15) is 26.7 Å². The van der Waals surface area contributed by atoms with Crippen LogP contribution in [0, 0.1) is 0 Å². The highest BCUT2D eigenvalue weighted by Gasteiger charge is 2.09. The van der Waals surface area contributed by atoms with Crippen molar-refractivity contribution < 1.29 is 9.84 Å². The van der Waals surface area contributed by atoms with Gasteiger partial charge in [-0.25, -0.2) is 0 Å². The number of anilines is 2. The molecule has 102 valence electrons. The maximum Gasteiger partial charge on any atom is 0.323 e. The van der Waals surface area contributed by atoms with E-state index in [0.717, 1.165) is 12.8 Å². The van der Waals surface area contributed by atoms with Gasteiger partial charge in [-0.3, -0.25) is 0 Å². The fourth-order valence-electron chi connectivity index (χ4n) is 1.42. The highest BCUT2D eigenvalue weighted by Crippen LogP contribution is 2.12. The van der Waals surface area contributed by atoms with Crippen LogP contribution in [-0.4, -0.2) is 46.4 Å². The highest BCUT2D eigenvalue weighted by atomic mass is 16.5. The summed E-state index contributed by atoms with van der Waals surface area (Å²) in [6, 6.07) is 0.479. The highest BCUT2D eigenvalue weighted by molar-refractivity contribution is 5.35. The van der Waals surface area contributed by atoms with E-state index < -0.39 is 0 Å². The number of aliphatic hydroxyl groups is 1. The van der Waals surface area contributed by atoms with E-state index in [2.05, 4.69) is 25.6 Å². The molecular formula is C11H21N5O2. The smallest absolute Gasteiger partial charge is 0.323 e. The first-order valence-corrected chi connectivity index (χ1v) is 6.13. The van der Waals surface area contributed by atoms with Gasteiger partial charge in [-0.1, -0.05) is 0 Å². The van der Waals surface area contributed by atoms with Crippen LogP contribution in [0.15, 0.2) is 0 Å². The van der Waals surface area contributed by atoms with Crippen LogP contribution < -0.4 is 15.4 Å². The van der Waals surface area contributed by atoms with E-state index >= 15 is 0 Å². The molecule has 0 aliphatic carbocycles. The molecule has 1 aromatic rings. The van der Waals surface area contributed by atoms with Crippen molar-refractivity contribution in [3.05, 3.63) is 0 Å². The maximum atomic E-state index is 8.78. The lowest BCUT2D eigenvalue weighted by atomic mass is 10.2. The molecular weight excluding hydrogens is 234 g/mol. The Kier molecular flexibility index (Phi) is 6.13. The van der Waals surface area contributed by atoms with E-state index in [4.69, 9.17) is 9.84 Å². The van der Waals surface area contributed by atoms with Crippen LogP contribution in [0.4, 0.5) is 11.9 Å². The number of ether oxygens (including phenoxy) is 1. The zero-order valence-electron chi connectivity index (χ0n) is 11.1. The van der Waals surface area contributed by atoms with E-state index in [1.807, 2.05) is 13.8 Å². The normalized spacial score (nSPS) is 12.0. The van der Waals surface area contributed by atoms with E-state index in [9.17, 15) is 0 Å². The third-order valence-corrected chi connectivity index (χ3v) is 2.28. The van der Waals surface area contributed by atoms with E-state index in [0.29, 0.717) is 24.5 Å². The fraction of sp³-hybridized carbons (Fsp3) is 0.727. The second-order valence-electron chi connectivity index (χ2n) is 3.86. The molecule has 0 amide bonds. The number of nitrogens with zero attached hydrogens (tertiary/aromatic N) is 3. The third kappa shape index (κ3) is 4.70. The van der Waals surface area contributed by atoms with Gasteiger partial charge in [0.1, 0.15) is 0 Å². The molecule has 0 saturated heterocycles. The minimum Gasteiger partial charge on any atom is -0.464 e. The summed E-state index contributed by atoms with van der Waals surface area (Å²) in [5.41, 5.74) is 0. The number of aromatic nitrogens is 3. The zero-order valence-corrected chi connectivity index (χ0v) is 11.1. The van der Waals surface area contributed by atoms with Gasteiger partial charge in [0.2, 0.25) is 11.9 Å². The Balaban J connectivity index is 2.71. The molecule has 3 N–H and O–H groups in total. The first kappa shape index (κ1) is 14.4. The summed E-state index contributed by atoms with van der Waals surface area (Å²) in [5, 5.41) is 14.8. The Morgan fingerprint density at radius 2 is 2.00 bits per heavy atom. The number of hydrogen-bond donors (Lipinski definition) is 3. The SMILES string of the molecule is CCOc1nc(NC)nc(NC(C)CCCO)n1. The fourth-order valence-corrected chi connectivity index (χ4v) is 1.42. The number of aliphatic hydroxyl groups excluding tert-OH is 1. The van der Waals surface area contributed by atoms with Gasteiger partial charge in [-0.2, -0.15) is 15.0 Å². The van der Waals surface area contributed by atoms with E-state index in [1.165, 1.54) is 0 Å². The zero-order chi connectivity index (χ0) is 13.4. The average Bonchev–Trinajstić information content (AvgIpc) is 2.36. The molecule has 1 rings (SSSR count). The Labute approximate surface area is 107 Å². The van der Waals surface area contributed by atoms with E-state index in [1.54, 1.807) is 7.05 Å². The van der Waals surface area contributed by atoms with Gasteiger partial charge in [0.15, 0.2) is 0 Å². The second kappa shape index (κ2) is 7.65. The summed E-state index contributed by atoms with van der Waals surface area (Å²) in [6.07, 6.45) is 1.59. The molecule has 0 saturated carbocycles. The lowest BCUT2D eigenvalue weighted by Crippen LogP contribution is -2.18. The first-order valence-electron chi connectivity index (χ1n) is 6.13. The van der Waals surface area contributed by atoms with Crippen molar-refractivity contribution in [1.82, 2.24) is 15.0 Å². The van der Waals surface area contributed by atoms with Gasteiger partial charge in [-0.05, 0) is 26.7 Å². The van der Waals surface area contributed by atoms with Crippen LogP contribution in [-0.2, 0) is 0 Å². The second-order valence-corrected chi connectivity index (χ2v) is 3.86. The summed E-state index contributed by atoms with van der Waals surface area (Å²) in [5.74, 6) is 0.938. The van der Waals surface area contributed by atoms with Crippen LogP contribution in [0.2, 0.25) is 0 Å². The van der Waals surface area contributed by atoms with Gasteiger partial charge in [-0.15, -0.1) is 0 Å². The van der Waals surface area contributed by atoms with Crippen molar-refractivity contribution in [1.29, 1.82) is 0 Å². The summed E-state index contributed by atoms with van der Waals surface area (Å²) in [7, 11) is 1.74. The number of hydrogen-bond acceptors (Lipinski definition) is 7. The van der Waals surface area contributed by atoms with Crippen molar-refractivity contribution in [2.45, 2.75) is 32.7 Å². The third-order valence-electron chi connectivity index (χ3n) is 2.28. The molecule has 7 heteroatoms. The van der Waals surface area contributed by atoms with Crippen molar-refractivity contribution in [3.63, 3.8) is 0 Å². The Morgan fingerprint density at radius 3 is 2.61 bits per heavy atom. The minimum atomic E-state index is 0.179. The molecule has 1 aromatic heterocycles. The molecule has 0 bridgehead atoms. The van der Waals surface area contributed by atoms with Crippen LogP contribution >= 0.6 is 0 Å². The summed E-state index contributed by atoms with van der Waals surface area (Å²) < 4.78 is 5.27. The largest absolute Gasteiger partial charge is 0.464 e. The molecule has 0 spiro atoms. The monoisotopic (exact) mass is 255 g/mol. The topological polar surface area (TPSA) is 92.2 Å². The molecule has 0 aromatic carbocycles. The van der Waals surface area contributed by atoms with Crippen LogP contribution in [0.3, 0.4) is 0 Å². The summed E-state index contributed by atoms with van der Waals surface area (Å²) in [4.78, 5) is 12.4. The molecule has 1 unspecified atom stereocenters. The molecule has 0 aliphatic rings. The van der Waals surface area contributed by atoms with Gasteiger partial charge >= 0.3 is 6.01 Å². The van der Waals surface area contributed by atoms with Crippen LogP contribution in [0.5, 0.6) is 6.01 Å². The lowest BCUT2D eigenvalue weighted by Gasteiger charge is -2.14. The average molecular weight is 255 g/mol. The molecule has 1 heterocycles. The lowest BCUT2D eigenvalue weighted by molar-refractivity contribution is 0.282. The van der Waals surface area contributed by atoms with Crippen molar-refractivity contribution in [3.8, 4) is 6.01 Å². The van der Waals surface area contributed by atoms with Crippen molar-refractivity contribution in [2.24, 2.45) is 0 Å².